The van der Waals surface area contributed by atoms with Crippen LogP contribution < -0.4 is 10.6 Å². The van der Waals surface area contributed by atoms with Gasteiger partial charge in [-0.05, 0) is 18.6 Å². The highest BCUT2D eigenvalue weighted by Gasteiger charge is 2.10. The zero-order chi connectivity index (χ0) is 17.9. The minimum absolute atomic E-state index is 0.473. The lowest BCUT2D eigenvalue weighted by Gasteiger charge is -2.10. The Morgan fingerprint density at radius 3 is 3.00 bits per heavy atom. The highest BCUT2D eigenvalue weighted by molar-refractivity contribution is 5.68. The van der Waals surface area contributed by atoms with Crippen LogP contribution in [0.3, 0.4) is 0 Å². The fraction of sp³-hybridized carbons (Fsp3) is 0.111. The Labute approximate surface area is 149 Å². The Bertz CT molecular complexity index is 1070. The Kier molecular flexibility index (Phi) is 4.06. The molecule has 0 radical (unpaired) electrons. The van der Waals surface area contributed by atoms with Crippen molar-refractivity contribution in [3.63, 3.8) is 0 Å². The topological polar surface area (TPSA) is 100 Å². The Morgan fingerprint density at radius 2 is 2.19 bits per heavy atom. The van der Waals surface area contributed by atoms with E-state index in [0.717, 1.165) is 28.2 Å². The van der Waals surface area contributed by atoms with Gasteiger partial charge in [-0.15, -0.1) is 0 Å². The molecule has 0 saturated heterocycles. The van der Waals surface area contributed by atoms with Gasteiger partial charge in [-0.3, -0.25) is 14.3 Å². The molecule has 3 heterocycles. The second-order valence-corrected chi connectivity index (χ2v) is 5.88. The van der Waals surface area contributed by atoms with Crippen molar-refractivity contribution in [1.82, 2.24) is 29.9 Å². The average Bonchev–Trinajstić information content (AvgIpc) is 3.29. The molecule has 1 aromatic carbocycles. The summed E-state index contributed by atoms with van der Waals surface area (Å²) in [5.41, 5.74) is 4.47. The Morgan fingerprint density at radius 1 is 1.27 bits per heavy atom. The van der Waals surface area contributed by atoms with E-state index in [-0.39, 0.29) is 0 Å². The molecule has 0 aliphatic heterocycles. The number of benzene rings is 1. The zero-order valence-electron chi connectivity index (χ0n) is 14.1. The first kappa shape index (κ1) is 15.8. The predicted molar refractivity (Wildman–Crippen MR) is 97.9 cm³/mol. The smallest absolute Gasteiger partial charge is 0.214 e. The van der Waals surface area contributed by atoms with Crippen molar-refractivity contribution in [3.8, 4) is 11.3 Å². The number of H-pyrrole nitrogens is 1. The molecule has 0 aliphatic carbocycles. The number of hydrogen-bond acceptors (Lipinski definition) is 5. The number of fused-ring (bicyclic) bond motifs is 1. The fourth-order valence-corrected chi connectivity index (χ4v) is 2.76. The van der Waals surface area contributed by atoms with E-state index in [1.54, 1.807) is 6.20 Å². The van der Waals surface area contributed by atoms with Gasteiger partial charge in [-0.2, -0.15) is 5.10 Å². The number of hydrogen-bond donors (Lipinski definition) is 3. The normalized spacial score (nSPS) is 10.8. The second-order valence-electron chi connectivity index (χ2n) is 5.88. The number of carbonyl (C=O) groups is 1. The lowest BCUT2D eigenvalue weighted by Crippen LogP contribution is -2.09. The van der Waals surface area contributed by atoms with Gasteiger partial charge in [0.1, 0.15) is 5.65 Å². The van der Waals surface area contributed by atoms with E-state index in [0.29, 0.717) is 24.7 Å². The maximum Gasteiger partial charge on any atom is 0.214 e. The SMILES string of the molecule is Cc1cc(Nc2nc(-c3cccc(CNC=O)c3)cc3nccn23)n[nH]1. The van der Waals surface area contributed by atoms with Crippen LogP contribution in [0.2, 0.25) is 0 Å². The summed E-state index contributed by atoms with van der Waals surface area (Å²) in [5, 5.41) is 13.0. The highest BCUT2D eigenvalue weighted by Crippen LogP contribution is 2.24. The van der Waals surface area contributed by atoms with Gasteiger partial charge in [0.2, 0.25) is 12.4 Å². The molecule has 0 atom stereocenters. The molecule has 3 N–H and O–H groups in total. The maximum absolute atomic E-state index is 10.5. The molecule has 8 nitrogen and oxygen atoms in total. The molecule has 130 valence electrons. The van der Waals surface area contributed by atoms with Gasteiger partial charge in [0.25, 0.3) is 0 Å². The van der Waals surface area contributed by atoms with Crippen molar-refractivity contribution < 1.29 is 4.79 Å². The van der Waals surface area contributed by atoms with Gasteiger partial charge in [-0.25, -0.2) is 9.97 Å². The molecule has 1 amide bonds. The van der Waals surface area contributed by atoms with E-state index >= 15 is 0 Å². The summed E-state index contributed by atoms with van der Waals surface area (Å²) in [7, 11) is 0. The van der Waals surface area contributed by atoms with Gasteiger partial charge in [0, 0.05) is 42.3 Å². The molecular formula is C18H17N7O. The van der Waals surface area contributed by atoms with Gasteiger partial charge in [0.15, 0.2) is 5.82 Å². The summed E-state index contributed by atoms with van der Waals surface area (Å²) in [6, 6.07) is 11.7. The van der Waals surface area contributed by atoms with Gasteiger partial charge in [0.05, 0.1) is 5.69 Å². The minimum Gasteiger partial charge on any atom is -0.355 e. The monoisotopic (exact) mass is 347 g/mol. The van der Waals surface area contributed by atoms with Crippen LogP contribution in [-0.4, -0.2) is 31.0 Å². The zero-order valence-corrected chi connectivity index (χ0v) is 14.1. The molecule has 4 aromatic rings. The number of imidazole rings is 1. The molecule has 0 unspecified atom stereocenters. The Balaban J connectivity index is 1.75. The standard InChI is InChI=1S/C18H17N7O/c1-12-7-16(24-23-12)22-18-21-15(9-17-20-5-6-25(17)18)14-4-2-3-13(8-14)10-19-11-26/h2-9,11H,10H2,1H3,(H,19,26)(H2,21,22,23,24). The summed E-state index contributed by atoms with van der Waals surface area (Å²) in [6.07, 6.45) is 4.26. The number of anilines is 2. The molecule has 0 saturated carbocycles. The maximum atomic E-state index is 10.5. The van der Waals surface area contributed by atoms with E-state index in [1.165, 1.54) is 0 Å². The number of aromatic amines is 1. The van der Waals surface area contributed by atoms with Crippen molar-refractivity contribution in [2.24, 2.45) is 0 Å². The number of nitrogens with zero attached hydrogens (tertiary/aromatic N) is 4. The summed E-state index contributed by atoms with van der Waals surface area (Å²) in [6.45, 7) is 2.41. The van der Waals surface area contributed by atoms with Gasteiger partial charge < -0.3 is 10.6 Å². The number of aryl methyl sites for hydroxylation is 1. The van der Waals surface area contributed by atoms with Crippen molar-refractivity contribution in [2.75, 3.05) is 5.32 Å². The third kappa shape index (κ3) is 3.12. The third-order valence-electron chi connectivity index (χ3n) is 3.95. The first-order chi connectivity index (χ1) is 12.7. The number of nitrogens with one attached hydrogen (secondary N) is 3. The summed E-state index contributed by atoms with van der Waals surface area (Å²) in [4.78, 5) is 19.6. The first-order valence-corrected chi connectivity index (χ1v) is 8.12. The van der Waals surface area contributed by atoms with Crippen LogP contribution in [0.1, 0.15) is 11.3 Å². The van der Waals surface area contributed by atoms with Crippen LogP contribution >= 0.6 is 0 Å². The first-order valence-electron chi connectivity index (χ1n) is 8.12. The number of amides is 1. The summed E-state index contributed by atoms with van der Waals surface area (Å²) < 4.78 is 1.87. The van der Waals surface area contributed by atoms with Crippen LogP contribution in [0.4, 0.5) is 11.8 Å². The molecule has 0 spiro atoms. The van der Waals surface area contributed by atoms with Crippen LogP contribution in [0.5, 0.6) is 0 Å². The molecule has 0 aliphatic rings. The van der Waals surface area contributed by atoms with Crippen molar-refractivity contribution in [2.45, 2.75) is 13.5 Å². The largest absolute Gasteiger partial charge is 0.355 e. The summed E-state index contributed by atoms with van der Waals surface area (Å²) >= 11 is 0. The third-order valence-corrected chi connectivity index (χ3v) is 3.95. The van der Waals surface area contributed by atoms with Crippen molar-refractivity contribution >= 4 is 23.8 Å². The second kappa shape index (κ2) is 6.67. The molecule has 0 bridgehead atoms. The molecule has 0 fully saturated rings. The number of rotatable bonds is 6. The minimum atomic E-state index is 0.473. The Hall–Kier alpha value is -3.68. The van der Waals surface area contributed by atoms with Crippen LogP contribution in [-0.2, 0) is 11.3 Å². The lowest BCUT2D eigenvalue weighted by atomic mass is 10.1. The quantitative estimate of drug-likeness (QED) is 0.465. The average molecular weight is 347 g/mol. The fourth-order valence-electron chi connectivity index (χ4n) is 2.76. The van der Waals surface area contributed by atoms with Crippen molar-refractivity contribution in [3.05, 3.63) is 60.0 Å². The number of carbonyl (C=O) groups excluding carboxylic acids is 1. The molecule has 3 aromatic heterocycles. The molecule has 4 rings (SSSR count). The summed E-state index contributed by atoms with van der Waals surface area (Å²) in [5.74, 6) is 1.31. The van der Waals surface area contributed by atoms with Gasteiger partial charge >= 0.3 is 0 Å². The predicted octanol–water partition coefficient (Wildman–Crippen LogP) is 2.42. The van der Waals surface area contributed by atoms with Crippen LogP contribution in [0, 0.1) is 6.92 Å². The molecule has 26 heavy (non-hydrogen) atoms. The van der Waals surface area contributed by atoms with E-state index in [2.05, 4.69) is 25.8 Å². The molecule has 8 heteroatoms. The highest BCUT2D eigenvalue weighted by atomic mass is 16.1. The lowest BCUT2D eigenvalue weighted by molar-refractivity contribution is -0.109. The van der Waals surface area contributed by atoms with E-state index < -0.39 is 0 Å². The van der Waals surface area contributed by atoms with Gasteiger partial charge in [-0.1, -0.05) is 18.2 Å². The van der Waals surface area contributed by atoms with Crippen LogP contribution in [0.25, 0.3) is 16.9 Å². The van der Waals surface area contributed by atoms with E-state index in [4.69, 9.17) is 4.98 Å². The molecular weight excluding hydrogens is 330 g/mol. The van der Waals surface area contributed by atoms with Crippen molar-refractivity contribution in [1.29, 1.82) is 0 Å². The van der Waals surface area contributed by atoms with Crippen LogP contribution in [0.15, 0.2) is 48.8 Å². The van der Waals surface area contributed by atoms with E-state index in [9.17, 15) is 4.79 Å². The number of aromatic nitrogens is 5. The van der Waals surface area contributed by atoms with E-state index in [1.807, 2.05) is 53.9 Å².